The van der Waals surface area contributed by atoms with E-state index in [2.05, 4.69) is 52.3 Å². The average Bonchev–Trinajstić information content (AvgIpc) is 3.15. The Bertz CT molecular complexity index is 519. The van der Waals surface area contributed by atoms with Crippen LogP contribution in [0.5, 0.6) is 0 Å². The number of carbonyl (C=O) groups excluding carboxylic acids is 1. The normalized spacial score (nSPS) is 26.2. The molecular weight excluding hydrogens is 304 g/mol. The molecule has 6 heteroatoms. The Kier molecular flexibility index (Phi) is 6.20. The minimum atomic E-state index is -0.136. The maximum atomic E-state index is 12.3. The van der Waals surface area contributed by atoms with E-state index in [9.17, 15) is 4.79 Å². The molecule has 24 heavy (non-hydrogen) atoms. The molecule has 6 nitrogen and oxygen atoms in total. The lowest BCUT2D eigenvalue weighted by molar-refractivity contribution is -0.126. The first kappa shape index (κ1) is 17.4. The number of hydrazine groups is 1. The molecule has 0 radical (unpaired) electrons. The van der Waals surface area contributed by atoms with Crippen molar-refractivity contribution in [3.8, 4) is 0 Å². The monoisotopic (exact) mass is 332 g/mol. The molecule has 2 fully saturated rings. The second kappa shape index (κ2) is 8.58. The maximum Gasteiger partial charge on any atom is 0.238 e. The first-order valence-corrected chi connectivity index (χ1v) is 8.93. The lowest BCUT2D eigenvalue weighted by atomic mass is 10.0. The van der Waals surface area contributed by atoms with Gasteiger partial charge in [0.1, 0.15) is 6.04 Å². The van der Waals surface area contributed by atoms with Crippen LogP contribution < -0.4 is 16.2 Å². The van der Waals surface area contributed by atoms with E-state index in [0.29, 0.717) is 6.61 Å². The highest BCUT2D eigenvalue weighted by Crippen LogP contribution is 2.15. The van der Waals surface area contributed by atoms with E-state index in [4.69, 9.17) is 4.74 Å². The lowest BCUT2D eigenvalue weighted by Gasteiger charge is -2.37. The molecule has 2 aliphatic heterocycles. The summed E-state index contributed by atoms with van der Waals surface area (Å²) in [5.74, 6) is 0.0654. The van der Waals surface area contributed by atoms with Crippen molar-refractivity contribution in [2.24, 2.45) is 0 Å². The molecule has 132 valence electrons. The highest BCUT2D eigenvalue weighted by molar-refractivity contribution is 5.82. The average molecular weight is 332 g/mol. The fraction of sp³-hybridized carbons (Fsp3) is 0.611. The van der Waals surface area contributed by atoms with Crippen LogP contribution in [0.2, 0.25) is 0 Å². The Morgan fingerprint density at radius 3 is 2.96 bits per heavy atom. The zero-order valence-corrected chi connectivity index (χ0v) is 14.3. The Hall–Kier alpha value is -1.47. The maximum absolute atomic E-state index is 12.3. The van der Waals surface area contributed by atoms with Gasteiger partial charge in [-0.25, -0.2) is 5.43 Å². The third kappa shape index (κ3) is 4.54. The summed E-state index contributed by atoms with van der Waals surface area (Å²) in [6, 6.07) is 10.4. The lowest BCUT2D eigenvalue weighted by Crippen LogP contribution is -2.55. The van der Waals surface area contributed by atoms with Crippen LogP contribution in [0.4, 0.5) is 0 Å². The third-order valence-corrected chi connectivity index (χ3v) is 4.79. The summed E-state index contributed by atoms with van der Waals surface area (Å²) in [5.41, 5.74) is 7.34. The predicted octanol–water partition coefficient (Wildman–Crippen LogP) is 0.649. The van der Waals surface area contributed by atoms with Crippen LogP contribution in [0.25, 0.3) is 0 Å². The van der Waals surface area contributed by atoms with Gasteiger partial charge < -0.3 is 10.1 Å². The van der Waals surface area contributed by atoms with Gasteiger partial charge in [-0.1, -0.05) is 37.3 Å². The van der Waals surface area contributed by atoms with Crippen molar-refractivity contribution >= 4 is 5.91 Å². The molecule has 3 unspecified atom stereocenters. The summed E-state index contributed by atoms with van der Waals surface area (Å²) in [4.78, 5) is 14.8. The second-order valence-electron chi connectivity index (χ2n) is 6.57. The van der Waals surface area contributed by atoms with Gasteiger partial charge in [0.2, 0.25) is 5.91 Å². The SMILES string of the molecule is CCC(NC(=O)C1CCNN1)C1CN(Cc2ccccc2)CCO1. The smallest absolute Gasteiger partial charge is 0.238 e. The molecule has 1 aromatic rings. The molecule has 0 bridgehead atoms. The van der Waals surface area contributed by atoms with Gasteiger partial charge >= 0.3 is 0 Å². The summed E-state index contributed by atoms with van der Waals surface area (Å²) < 4.78 is 5.97. The Morgan fingerprint density at radius 2 is 2.25 bits per heavy atom. The Labute approximate surface area is 143 Å². The quantitative estimate of drug-likeness (QED) is 0.714. The number of morpholine rings is 1. The fourth-order valence-corrected chi connectivity index (χ4v) is 3.38. The van der Waals surface area contributed by atoms with E-state index in [0.717, 1.165) is 39.0 Å². The first-order valence-electron chi connectivity index (χ1n) is 8.93. The van der Waals surface area contributed by atoms with Crippen LogP contribution in [0.3, 0.4) is 0 Å². The largest absolute Gasteiger partial charge is 0.373 e. The van der Waals surface area contributed by atoms with Crippen LogP contribution in [-0.2, 0) is 16.1 Å². The van der Waals surface area contributed by atoms with Gasteiger partial charge in [-0.05, 0) is 18.4 Å². The third-order valence-electron chi connectivity index (χ3n) is 4.79. The van der Waals surface area contributed by atoms with Gasteiger partial charge in [0.25, 0.3) is 0 Å². The predicted molar refractivity (Wildman–Crippen MR) is 93.2 cm³/mol. The molecule has 2 saturated heterocycles. The van der Waals surface area contributed by atoms with Gasteiger partial charge in [-0.15, -0.1) is 0 Å². The molecule has 3 rings (SSSR count). The van der Waals surface area contributed by atoms with E-state index in [1.165, 1.54) is 5.56 Å². The number of nitrogens with one attached hydrogen (secondary N) is 3. The minimum absolute atomic E-state index is 0.0470. The van der Waals surface area contributed by atoms with Crippen LogP contribution in [0.1, 0.15) is 25.3 Å². The van der Waals surface area contributed by atoms with Gasteiger partial charge in [-0.2, -0.15) is 0 Å². The fourth-order valence-electron chi connectivity index (χ4n) is 3.38. The number of benzene rings is 1. The number of carbonyl (C=O) groups is 1. The summed E-state index contributed by atoms with van der Waals surface area (Å²) in [6.45, 7) is 6.37. The number of amides is 1. The highest BCUT2D eigenvalue weighted by atomic mass is 16.5. The number of hydrogen-bond donors (Lipinski definition) is 3. The van der Waals surface area contributed by atoms with Crippen molar-refractivity contribution in [1.82, 2.24) is 21.1 Å². The van der Waals surface area contributed by atoms with Crippen LogP contribution >= 0.6 is 0 Å². The van der Waals surface area contributed by atoms with Gasteiger partial charge in [-0.3, -0.25) is 15.1 Å². The summed E-state index contributed by atoms with van der Waals surface area (Å²) in [6.07, 6.45) is 1.75. The Balaban J connectivity index is 1.54. The summed E-state index contributed by atoms with van der Waals surface area (Å²) >= 11 is 0. The molecule has 1 amide bonds. The molecule has 0 aromatic heterocycles. The van der Waals surface area contributed by atoms with Crippen LogP contribution in [0.15, 0.2) is 30.3 Å². The van der Waals surface area contributed by atoms with E-state index in [1.807, 2.05) is 6.07 Å². The summed E-state index contributed by atoms with van der Waals surface area (Å²) in [7, 11) is 0. The van der Waals surface area contributed by atoms with Crippen LogP contribution in [0, 0.1) is 0 Å². The molecule has 1 aromatic carbocycles. The van der Waals surface area contributed by atoms with E-state index in [-0.39, 0.29) is 24.1 Å². The molecule has 2 heterocycles. The zero-order valence-electron chi connectivity index (χ0n) is 14.3. The zero-order chi connectivity index (χ0) is 16.8. The molecular formula is C18H28N4O2. The van der Waals surface area contributed by atoms with Crippen molar-refractivity contribution < 1.29 is 9.53 Å². The van der Waals surface area contributed by atoms with E-state index in [1.54, 1.807) is 0 Å². The molecule has 3 atom stereocenters. The van der Waals surface area contributed by atoms with Crippen molar-refractivity contribution in [2.45, 2.75) is 44.5 Å². The van der Waals surface area contributed by atoms with Crippen molar-refractivity contribution in [2.75, 3.05) is 26.2 Å². The molecule has 3 N–H and O–H groups in total. The van der Waals surface area contributed by atoms with E-state index < -0.39 is 0 Å². The standard InChI is InChI=1S/C18H28N4O2/c1-2-15(20-18(23)16-8-9-19-21-16)17-13-22(10-11-24-17)12-14-6-4-3-5-7-14/h3-7,15-17,19,21H,2,8-13H2,1H3,(H,20,23). The number of ether oxygens (including phenoxy) is 1. The Morgan fingerprint density at radius 1 is 1.42 bits per heavy atom. The van der Waals surface area contributed by atoms with Gasteiger partial charge in [0.05, 0.1) is 18.8 Å². The molecule has 0 aliphatic carbocycles. The second-order valence-corrected chi connectivity index (χ2v) is 6.57. The van der Waals surface area contributed by atoms with Gasteiger partial charge in [0.15, 0.2) is 0 Å². The summed E-state index contributed by atoms with van der Waals surface area (Å²) in [5, 5.41) is 3.17. The van der Waals surface area contributed by atoms with Crippen molar-refractivity contribution in [3.05, 3.63) is 35.9 Å². The number of rotatable bonds is 6. The topological polar surface area (TPSA) is 65.6 Å². The molecule has 2 aliphatic rings. The van der Waals surface area contributed by atoms with Crippen molar-refractivity contribution in [1.29, 1.82) is 0 Å². The highest BCUT2D eigenvalue weighted by Gasteiger charge is 2.31. The minimum Gasteiger partial charge on any atom is -0.373 e. The first-order chi connectivity index (χ1) is 11.8. The number of hydrogen-bond acceptors (Lipinski definition) is 5. The van der Waals surface area contributed by atoms with E-state index >= 15 is 0 Å². The number of nitrogens with zero attached hydrogens (tertiary/aromatic N) is 1. The molecule has 0 saturated carbocycles. The van der Waals surface area contributed by atoms with Crippen LogP contribution in [-0.4, -0.2) is 55.2 Å². The van der Waals surface area contributed by atoms with Crippen molar-refractivity contribution in [3.63, 3.8) is 0 Å². The molecule has 0 spiro atoms. The van der Waals surface area contributed by atoms with Gasteiger partial charge in [0, 0.05) is 26.2 Å².